The fourth-order valence-electron chi connectivity index (χ4n) is 3.32. The van der Waals surface area contributed by atoms with Crippen LogP contribution in [0, 0.1) is 6.92 Å². The van der Waals surface area contributed by atoms with Crippen LogP contribution in [-0.4, -0.2) is 24.3 Å². The second-order valence-corrected chi connectivity index (χ2v) is 7.19. The Labute approximate surface area is 165 Å². The molecule has 5 nitrogen and oxygen atoms in total. The summed E-state index contributed by atoms with van der Waals surface area (Å²) in [6, 6.07) is 13.2. The lowest BCUT2D eigenvalue weighted by Gasteiger charge is -2.16. The number of amides is 1. The molecule has 0 unspecified atom stereocenters. The number of carbonyl (C=O) groups excluding carboxylic acids is 3. The molecule has 5 heteroatoms. The van der Waals surface area contributed by atoms with E-state index in [2.05, 4.69) is 5.32 Å². The minimum Gasteiger partial charge on any atom is -0.456 e. The molecule has 146 valence electrons. The molecule has 2 aromatic rings. The molecule has 2 aromatic carbocycles. The summed E-state index contributed by atoms with van der Waals surface area (Å²) >= 11 is 0. The number of nitrogens with one attached hydrogen (secondary N) is 1. The van der Waals surface area contributed by atoms with E-state index in [1.807, 2.05) is 37.3 Å². The summed E-state index contributed by atoms with van der Waals surface area (Å²) in [5, 5.41) is 2.66. The van der Waals surface area contributed by atoms with Crippen molar-refractivity contribution in [3.63, 3.8) is 0 Å². The van der Waals surface area contributed by atoms with Crippen molar-refractivity contribution in [1.29, 1.82) is 0 Å². The Balaban J connectivity index is 1.41. The van der Waals surface area contributed by atoms with Gasteiger partial charge in [-0.15, -0.1) is 0 Å². The normalized spacial score (nSPS) is 12.8. The molecule has 0 saturated heterocycles. The van der Waals surface area contributed by atoms with Crippen molar-refractivity contribution in [2.75, 3.05) is 11.9 Å². The summed E-state index contributed by atoms with van der Waals surface area (Å²) in [7, 11) is 0. The third-order valence-corrected chi connectivity index (χ3v) is 4.93. The van der Waals surface area contributed by atoms with Crippen molar-refractivity contribution in [3.8, 4) is 0 Å². The Morgan fingerprint density at radius 3 is 2.39 bits per heavy atom. The lowest BCUT2D eigenvalue weighted by atomic mass is 9.89. The summed E-state index contributed by atoms with van der Waals surface area (Å²) in [4.78, 5) is 36.1. The number of rotatable bonds is 7. The van der Waals surface area contributed by atoms with Crippen molar-refractivity contribution in [2.45, 2.75) is 45.4 Å². The van der Waals surface area contributed by atoms with Gasteiger partial charge < -0.3 is 10.1 Å². The van der Waals surface area contributed by atoms with Crippen LogP contribution in [0.1, 0.15) is 52.7 Å². The van der Waals surface area contributed by atoms with Gasteiger partial charge >= 0.3 is 5.97 Å². The van der Waals surface area contributed by atoms with Crippen molar-refractivity contribution >= 4 is 23.3 Å². The number of benzene rings is 2. The highest BCUT2D eigenvalue weighted by Crippen LogP contribution is 2.23. The van der Waals surface area contributed by atoms with E-state index in [0.29, 0.717) is 11.3 Å². The van der Waals surface area contributed by atoms with Crippen LogP contribution >= 0.6 is 0 Å². The van der Waals surface area contributed by atoms with Crippen LogP contribution in [0.25, 0.3) is 0 Å². The summed E-state index contributed by atoms with van der Waals surface area (Å²) in [6.45, 7) is 1.60. The molecule has 0 saturated carbocycles. The molecule has 1 aliphatic rings. The number of hydrogen-bond donors (Lipinski definition) is 1. The van der Waals surface area contributed by atoms with Crippen LogP contribution in [0.5, 0.6) is 0 Å². The fourth-order valence-corrected chi connectivity index (χ4v) is 3.32. The van der Waals surface area contributed by atoms with E-state index < -0.39 is 11.9 Å². The minimum absolute atomic E-state index is 0.0340. The molecule has 0 heterocycles. The van der Waals surface area contributed by atoms with Gasteiger partial charge in [0.25, 0.3) is 5.91 Å². The average molecular weight is 379 g/mol. The maximum absolute atomic E-state index is 12.4. The SMILES string of the molecule is Cc1ccc(NC(=O)COC(=O)CCC(=O)c2ccc3c(c2)CCCC3)cc1. The molecule has 28 heavy (non-hydrogen) atoms. The second-order valence-electron chi connectivity index (χ2n) is 7.19. The second kappa shape index (κ2) is 9.31. The van der Waals surface area contributed by atoms with Gasteiger partial charge in [-0.2, -0.15) is 0 Å². The van der Waals surface area contributed by atoms with Gasteiger partial charge in [0.05, 0.1) is 6.42 Å². The van der Waals surface area contributed by atoms with E-state index in [4.69, 9.17) is 4.74 Å². The molecule has 3 rings (SSSR count). The topological polar surface area (TPSA) is 72.5 Å². The smallest absolute Gasteiger partial charge is 0.306 e. The molecular formula is C23H25NO4. The summed E-state index contributed by atoms with van der Waals surface area (Å²) in [6.07, 6.45) is 4.48. The maximum atomic E-state index is 12.4. The minimum atomic E-state index is -0.551. The van der Waals surface area contributed by atoms with Crippen molar-refractivity contribution in [2.24, 2.45) is 0 Å². The molecule has 1 amide bonds. The predicted molar refractivity (Wildman–Crippen MR) is 107 cm³/mol. The van der Waals surface area contributed by atoms with Crippen molar-refractivity contribution in [3.05, 3.63) is 64.7 Å². The third-order valence-electron chi connectivity index (χ3n) is 4.93. The van der Waals surface area contributed by atoms with Crippen molar-refractivity contribution < 1.29 is 19.1 Å². The van der Waals surface area contributed by atoms with E-state index >= 15 is 0 Å². The number of Topliss-reactive ketones (excluding diaryl/α,β-unsaturated/α-hetero) is 1. The van der Waals surface area contributed by atoms with Crippen LogP contribution in [-0.2, 0) is 27.2 Å². The van der Waals surface area contributed by atoms with Crippen LogP contribution in [0.15, 0.2) is 42.5 Å². The van der Waals surface area contributed by atoms with Gasteiger partial charge in [-0.1, -0.05) is 29.8 Å². The summed E-state index contributed by atoms with van der Waals surface area (Å²) < 4.78 is 4.97. The standard InChI is InChI=1S/C23H25NO4/c1-16-6-10-20(11-7-16)24-22(26)15-28-23(27)13-12-21(25)19-9-8-17-4-2-3-5-18(17)14-19/h6-11,14H,2-5,12-13,15H2,1H3,(H,24,26). The molecule has 0 radical (unpaired) electrons. The molecule has 0 spiro atoms. The van der Waals surface area contributed by atoms with Gasteiger partial charge in [-0.25, -0.2) is 0 Å². The lowest BCUT2D eigenvalue weighted by Crippen LogP contribution is -2.21. The molecule has 1 aliphatic carbocycles. The zero-order chi connectivity index (χ0) is 19.9. The highest BCUT2D eigenvalue weighted by Gasteiger charge is 2.15. The first-order chi connectivity index (χ1) is 13.5. The van der Waals surface area contributed by atoms with Gasteiger partial charge in [-0.05, 0) is 61.9 Å². The Kier molecular flexibility index (Phi) is 6.58. The molecule has 0 fully saturated rings. The maximum Gasteiger partial charge on any atom is 0.306 e. The number of esters is 1. The first kappa shape index (κ1) is 19.8. The Morgan fingerprint density at radius 1 is 0.929 bits per heavy atom. The Hall–Kier alpha value is -2.95. The number of fused-ring (bicyclic) bond motifs is 1. The quantitative estimate of drug-likeness (QED) is 0.583. The number of hydrogen-bond acceptors (Lipinski definition) is 4. The van der Waals surface area contributed by atoms with E-state index in [1.54, 1.807) is 12.1 Å². The fraction of sp³-hybridized carbons (Fsp3) is 0.348. The Bertz CT molecular complexity index is 871. The molecule has 1 N–H and O–H groups in total. The zero-order valence-electron chi connectivity index (χ0n) is 16.1. The van der Waals surface area contributed by atoms with Crippen molar-refractivity contribution in [1.82, 2.24) is 0 Å². The van der Waals surface area contributed by atoms with Crippen LogP contribution in [0.4, 0.5) is 5.69 Å². The summed E-state index contributed by atoms with van der Waals surface area (Å²) in [5.74, 6) is -1.03. The number of aryl methyl sites for hydroxylation is 3. The molecule has 0 bridgehead atoms. The molecular weight excluding hydrogens is 354 g/mol. The van der Waals surface area contributed by atoms with Crippen LogP contribution < -0.4 is 5.32 Å². The largest absolute Gasteiger partial charge is 0.456 e. The Morgan fingerprint density at radius 2 is 1.64 bits per heavy atom. The lowest BCUT2D eigenvalue weighted by molar-refractivity contribution is -0.147. The predicted octanol–water partition coefficient (Wildman–Crippen LogP) is 4.02. The molecule has 0 aliphatic heterocycles. The number of carbonyl (C=O) groups is 3. The molecule has 0 atom stereocenters. The van der Waals surface area contributed by atoms with E-state index in [-0.39, 0.29) is 25.2 Å². The highest BCUT2D eigenvalue weighted by molar-refractivity contribution is 5.98. The first-order valence-corrected chi connectivity index (χ1v) is 9.68. The van der Waals surface area contributed by atoms with Gasteiger partial charge in [-0.3, -0.25) is 14.4 Å². The van der Waals surface area contributed by atoms with E-state index in [9.17, 15) is 14.4 Å². The van der Waals surface area contributed by atoms with Gasteiger partial charge in [0, 0.05) is 17.7 Å². The molecule has 0 aromatic heterocycles. The van der Waals surface area contributed by atoms with Gasteiger partial charge in [0.2, 0.25) is 0 Å². The first-order valence-electron chi connectivity index (χ1n) is 9.68. The van der Waals surface area contributed by atoms with Gasteiger partial charge in [0.15, 0.2) is 12.4 Å². The number of ether oxygens (including phenoxy) is 1. The average Bonchev–Trinajstić information content (AvgIpc) is 2.71. The summed E-state index contributed by atoms with van der Waals surface area (Å²) in [5.41, 5.74) is 4.95. The number of anilines is 1. The number of ketones is 1. The highest BCUT2D eigenvalue weighted by atomic mass is 16.5. The van der Waals surface area contributed by atoms with E-state index in [0.717, 1.165) is 24.8 Å². The third kappa shape index (κ3) is 5.52. The zero-order valence-corrected chi connectivity index (χ0v) is 16.1. The monoisotopic (exact) mass is 379 g/mol. The van der Waals surface area contributed by atoms with Gasteiger partial charge in [0.1, 0.15) is 0 Å². The van der Waals surface area contributed by atoms with Crippen LogP contribution in [0.3, 0.4) is 0 Å². The van der Waals surface area contributed by atoms with E-state index in [1.165, 1.54) is 17.5 Å². The van der Waals surface area contributed by atoms with Crippen LogP contribution in [0.2, 0.25) is 0 Å².